The maximum Gasteiger partial charge on any atom is 0.328 e. The molecule has 11 nitrogen and oxygen atoms in total. The van der Waals surface area contributed by atoms with Gasteiger partial charge < -0.3 is 31.6 Å². The molecule has 0 saturated carbocycles. The lowest BCUT2D eigenvalue weighted by atomic mass is 10.3. The molecule has 0 bridgehead atoms. The zero-order chi connectivity index (χ0) is 21.3. The molecule has 0 saturated heterocycles. The molecule has 4 amide bonds. The quantitative estimate of drug-likeness (QED) is 0.360. The maximum absolute atomic E-state index is 11.4. The third-order valence-electron chi connectivity index (χ3n) is 1.98. The standard InChI is InChI=1S/C11H20N2O5.CCl2O.CH4N2O.CH4/c1-5-17-9(14)7(3)12-11(16)13-8(4)10(15)18-6-2;2*2-1(3)4;/h7-8H,5-6H2,1-4H3,(H2,12,13,16);;(H4,2,3,4);1H4. The first kappa shape index (κ1) is 32.4. The summed E-state index contributed by atoms with van der Waals surface area (Å²) in [5.41, 5.74) is 8.50. The zero-order valence-electron chi connectivity index (χ0n) is 14.8. The summed E-state index contributed by atoms with van der Waals surface area (Å²) in [5.74, 6) is -1.06. The van der Waals surface area contributed by atoms with Crippen LogP contribution >= 0.6 is 23.2 Å². The van der Waals surface area contributed by atoms with E-state index in [4.69, 9.17) is 19.1 Å². The Morgan fingerprint density at radius 1 is 0.852 bits per heavy atom. The molecule has 0 aliphatic heterocycles. The third-order valence-corrected chi connectivity index (χ3v) is 1.98. The number of nitrogens with two attached hydrogens (primary N) is 2. The highest BCUT2D eigenvalue weighted by molar-refractivity contribution is 6.93. The van der Waals surface area contributed by atoms with E-state index in [9.17, 15) is 14.4 Å². The Kier molecular flexibility index (Phi) is 24.1. The van der Waals surface area contributed by atoms with Crippen LogP contribution in [0.2, 0.25) is 0 Å². The van der Waals surface area contributed by atoms with Gasteiger partial charge >= 0.3 is 28.7 Å². The van der Waals surface area contributed by atoms with Crippen LogP contribution < -0.4 is 22.1 Å². The average molecular weight is 435 g/mol. The highest BCUT2D eigenvalue weighted by Crippen LogP contribution is 1.91. The SMILES string of the molecule is C.CCOC(=O)C(C)NC(=O)NC(C)C(=O)OCC.NC(N)=O.O=C(Cl)Cl. The normalized spacial score (nSPS) is 10.6. The first-order valence-electron chi connectivity index (χ1n) is 7.19. The number of urea groups is 2. The molecule has 13 heteroatoms. The van der Waals surface area contributed by atoms with Crippen molar-refractivity contribution >= 4 is 51.9 Å². The number of carbonyl (C=O) groups excluding carboxylic acids is 5. The summed E-state index contributed by atoms with van der Waals surface area (Å²) in [6.45, 7) is 6.82. The predicted molar refractivity (Wildman–Crippen MR) is 101 cm³/mol. The molecule has 27 heavy (non-hydrogen) atoms. The average Bonchev–Trinajstić information content (AvgIpc) is 2.46. The van der Waals surface area contributed by atoms with Gasteiger partial charge in [0.15, 0.2) is 0 Å². The number of rotatable bonds is 6. The molecule has 0 fully saturated rings. The second-order valence-electron chi connectivity index (χ2n) is 4.19. The molecule has 0 rings (SSSR count). The largest absolute Gasteiger partial charge is 0.464 e. The molecule has 0 aromatic heterocycles. The number of hydrogen-bond acceptors (Lipinski definition) is 7. The van der Waals surface area contributed by atoms with Crippen molar-refractivity contribution in [2.24, 2.45) is 11.5 Å². The fourth-order valence-electron chi connectivity index (χ4n) is 1.09. The molecule has 2 atom stereocenters. The van der Waals surface area contributed by atoms with E-state index in [1.165, 1.54) is 13.8 Å². The highest BCUT2D eigenvalue weighted by Gasteiger charge is 2.20. The van der Waals surface area contributed by atoms with Crippen LogP contribution in [-0.4, -0.2) is 54.0 Å². The van der Waals surface area contributed by atoms with Crippen molar-refractivity contribution in [3.63, 3.8) is 0 Å². The van der Waals surface area contributed by atoms with Gasteiger partial charge in [0.1, 0.15) is 12.1 Å². The van der Waals surface area contributed by atoms with Gasteiger partial charge in [-0.2, -0.15) is 0 Å². The van der Waals surface area contributed by atoms with Crippen molar-refractivity contribution in [2.75, 3.05) is 13.2 Å². The molecule has 0 radical (unpaired) electrons. The molecule has 160 valence electrons. The van der Waals surface area contributed by atoms with E-state index < -0.39 is 40.8 Å². The van der Waals surface area contributed by atoms with Gasteiger partial charge in [-0.3, -0.25) is 4.79 Å². The van der Waals surface area contributed by atoms with Crippen molar-refractivity contribution < 1.29 is 33.4 Å². The lowest BCUT2D eigenvalue weighted by Crippen LogP contribution is -2.49. The van der Waals surface area contributed by atoms with Gasteiger partial charge in [0.25, 0.3) is 0 Å². The third kappa shape index (κ3) is 28.8. The lowest BCUT2D eigenvalue weighted by molar-refractivity contribution is -0.145. The summed E-state index contributed by atoms with van der Waals surface area (Å²) in [7, 11) is 0. The molecule has 2 unspecified atom stereocenters. The summed E-state index contributed by atoms with van der Waals surface area (Å²) in [6, 6.07) is -3.02. The number of primary amides is 2. The van der Waals surface area contributed by atoms with Crippen molar-refractivity contribution in [3.05, 3.63) is 0 Å². The smallest absolute Gasteiger partial charge is 0.328 e. The van der Waals surface area contributed by atoms with E-state index in [1.807, 2.05) is 0 Å². The van der Waals surface area contributed by atoms with Crippen molar-refractivity contribution in [2.45, 2.75) is 47.2 Å². The first-order chi connectivity index (χ1) is 11.9. The molecular formula is C14H28Cl2N4O7. The predicted octanol–water partition coefficient (Wildman–Crippen LogP) is 1.43. The van der Waals surface area contributed by atoms with Crippen LogP contribution in [0.15, 0.2) is 0 Å². The van der Waals surface area contributed by atoms with Crippen molar-refractivity contribution in [1.82, 2.24) is 10.6 Å². The van der Waals surface area contributed by atoms with E-state index in [0.29, 0.717) is 0 Å². The van der Waals surface area contributed by atoms with Gasteiger partial charge in [-0.1, -0.05) is 7.43 Å². The van der Waals surface area contributed by atoms with Crippen LogP contribution in [0.1, 0.15) is 35.1 Å². The number of amides is 4. The summed E-state index contributed by atoms with van der Waals surface area (Å²) in [6.07, 6.45) is 0. The molecule has 0 heterocycles. The van der Waals surface area contributed by atoms with Crippen LogP contribution in [-0.2, 0) is 19.1 Å². The number of halogens is 2. The number of esters is 2. The van der Waals surface area contributed by atoms with E-state index in [0.717, 1.165) is 0 Å². The van der Waals surface area contributed by atoms with E-state index in [-0.39, 0.29) is 20.6 Å². The minimum atomic E-state index is -0.889. The van der Waals surface area contributed by atoms with Gasteiger partial charge in [-0.25, -0.2) is 19.2 Å². The Morgan fingerprint density at radius 2 is 1.07 bits per heavy atom. The van der Waals surface area contributed by atoms with Gasteiger partial charge in [0.2, 0.25) is 0 Å². The van der Waals surface area contributed by atoms with E-state index in [2.05, 4.69) is 45.3 Å². The molecule has 0 spiro atoms. The molecule has 0 aromatic carbocycles. The Bertz CT molecular complexity index is 430. The summed E-state index contributed by atoms with van der Waals surface area (Å²) in [5, 5.41) is 4.72. The summed E-state index contributed by atoms with van der Waals surface area (Å²) < 4.78 is 8.56. The number of hydrogen-bond donors (Lipinski definition) is 4. The number of carbonyl (C=O) groups is 5. The van der Waals surface area contributed by atoms with Gasteiger partial charge in [0, 0.05) is 0 Å². The van der Waals surface area contributed by atoms with Crippen molar-refractivity contribution in [1.29, 1.82) is 0 Å². The molecule has 0 aromatic rings. The molecular weight excluding hydrogens is 407 g/mol. The summed E-state index contributed by atoms with van der Waals surface area (Å²) in [4.78, 5) is 51.9. The van der Waals surface area contributed by atoms with Crippen LogP contribution in [0.4, 0.5) is 14.4 Å². The molecule has 0 aliphatic rings. The summed E-state index contributed by atoms with van der Waals surface area (Å²) >= 11 is 8.80. The highest BCUT2D eigenvalue weighted by atomic mass is 35.5. The van der Waals surface area contributed by atoms with Gasteiger partial charge in [-0.15, -0.1) is 0 Å². The Labute approximate surface area is 168 Å². The Hall–Kier alpha value is -2.27. The Morgan fingerprint density at radius 3 is 1.26 bits per heavy atom. The van der Waals surface area contributed by atoms with Crippen LogP contribution in [0.5, 0.6) is 0 Å². The first-order valence-corrected chi connectivity index (χ1v) is 7.94. The zero-order valence-corrected chi connectivity index (χ0v) is 16.3. The second kappa shape index (κ2) is 20.0. The monoisotopic (exact) mass is 434 g/mol. The fourth-order valence-corrected chi connectivity index (χ4v) is 1.09. The van der Waals surface area contributed by atoms with Gasteiger partial charge in [0.05, 0.1) is 13.2 Å². The number of nitrogens with one attached hydrogen (secondary N) is 2. The lowest BCUT2D eigenvalue weighted by Gasteiger charge is -2.16. The van der Waals surface area contributed by atoms with Gasteiger partial charge in [-0.05, 0) is 50.9 Å². The van der Waals surface area contributed by atoms with Crippen LogP contribution in [0.25, 0.3) is 0 Å². The topological polar surface area (TPSA) is 180 Å². The second-order valence-corrected chi connectivity index (χ2v) is 5.07. The Balaban J connectivity index is -0.000000247. The fraction of sp³-hybridized carbons (Fsp3) is 0.643. The minimum Gasteiger partial charge on any atom is -0.464 e. The van der Waals surface area contributed by atoms with Crippen molar-refractivity contribution in [3.8, 4) is 0 Å². The maximum atomic E-state index is 11.4. The molecule has 6 N–H and O–H groups in total. The van der Waals surface area contributed by atoms with E-state index >= 15 is 0 Å². The minimum absolute atomic E-state index is 0. The van der Waals surface area contributed by atoms with Crippen LogP contribution in [0, 0.1) is 0 Å². The van der Waals surface area contributed by atoms with Crippen LogP contribution in [0.3, 0.4) is 0 Å². The number of ether oxygens (including phenoxy) is 2. The van der Waals surface area contributed by atoms with E-state index in [1.54, 1.807) is 13.8 Å². The molecule has 0 aliphatic carbocycles.